The Kier molecular flexibility index (Phi) is 6.05. The summed E-state index contributed by atoms with van der Waals surface area (Å²) in [6, 6.07) is 8.17. The largest absolute Gasteiger partial charge is 0.492 e. The van der Waals surface area contributed by atoms with Gasteiger partial charge in [-0.2, -0.15) is 0 Å². The number of hydrogen-bond acceptors (Lipinski definition) is 2. The van der Waals surface area contributed by atoms with Crippen molar-refractivity contribution in [3.05, 3.63) is 24.3 Å². The molecule has 1 fully saturated rings. The Morgan fingerprint density at radius 1 is 1.33 bits per heavy atom. The Bertz CT molecular complexity index is 462. The maximum absolute atomic E-state index is 12.1. The molecule has 1 aliphatic carbocycles. The lowest BCUT2D eigenvalue weighted by molar-refractivity contribution is -0.687. The molecule has 2 atom stereocenters. The molecule has 2 rings (SSSR count). The number of anilines is 1. The summed E-state index contributed by atoms with van der Waals surface area (Å²) >= 11 is 0. The number of carbonyl (C=O) groups excluding carboxylic acids is 1. The van der Waals surface area contributed by atoms with Gasteiger partial charge in [0, 0.05) is 5.92 Å². The molecule has 0 heterocycles. The summed E-state index contributed by atoms with van der Waals surface area (Å²) in [6.07, 6.45) is 5.14. The van der Waals surface area contributed by atoms with Gasteiger partial charge in [0.2, 0.25) is 0 Å². The van der Waals surface area contributed by atoms with E-state index >= 15 is 0 Å². The lowest BCUT2D eigenvalue weighted by Crippen LogP contribution is -2.93. The molecule has 0 aliphatic heterocycles. The average molecular weight is 291 g/mol. The van der Waals surface area contributed by atoms with E-state index in [0.29, 0.717) is 25.1 Å². The van der Waals surface area contributed by atoms with Gasteiger partial charge in [-0.25, -0.2) is 0 Å². The zero-order valence-corrected chi connectivity index (χ0v) is 13.1. The molecule has 1 amide bonds. The SMILES string of the molecule is CCOc1ccccc1NC(=O)C[NH2+][C@H]1CCCC[C@H]1C. The number of para-hydroxylation sites is 2. The van der Waals surface area contributed by atoms with Gasteiger partial charge < -0.3 is 15.4 Å². The summed E-state index contributed by atoms with van der Waals surface area (Å²) in [5, 5.41) is 5.15. The maximum Gasteiger partial charge on any atom is 0.279 e. The Morgan fingerprint density at radius 2 is 2.10 bits per heavy atom. The number of rotatable bonds is 6. The second-order valence-corrected chi connectivity index (χ2v) is 5.84. The monoisotopic (exact) mass is 291 g/mol. The molecule has 1 saturated carbocycles. The first-order valence-corrected chi connectivity index (χ1v) is 8.05. The highest BCUT2D eigenvalue weighted by molar-refractivity contribution is 5.92. The van der Waals surface area contributed by atoms with Gasteiger partial charge in [-0.3, -0.25) is 4.79 Å². The topological polar surface area (TPSA) is 54.9 Å². The van der Waals surface area contributed by atoms with Crippen LogP contribution in [-0.2, 0) is 4.79 Å². The predicted molar refractivity (Wildman–Crippen MR) is 84.5 cm³/mol. The highest BCUT2D eigenvalue weighted by Crippen LogP contribution is 2.23. The fourth-order valence-electron chi connectivity index (χ4n) is 3.01. The Morgan fingerprint density at radius 3 is 2.86 bits per heavy atom. The minimum Gasteiger partial charge on any atom is -0.492 e. The lowest BCUT2D eigenvalue weighted by atomic mass is 9.86. The van der Waals surface area contributed by atoms with E-state index in [1.165, 1.54) is 25.7 Å². The fraction of sp³-hybridized carbons (Fsp3) is 0.588. The van der Waals surface area contributed by atoms with Gasteiger partial charge in [-0.15, -0.1) is 0 Å². The van der Waals surface area contributed by atoms with Crippen molar-refractivity contribution in [3.8, 4) is 5.75 Å². The molecule has 4 nitrogen and oxygen atoms in total. The van der Waals surface area contributed by atoms with E-state index in [4.69, 9.17) is 4.74 Å². The first-order valence-electron chi connectivity index (χ1n) is 8.05. The zero-order chi connectivity index (χ0) is 15.1. The number of nitrogens with two attached hydrogens (primary N) is 1. The van der Waals surface area contributed by atoms with E-state index in [2.05, 4.69) is 17.6 Å². The van der Waals surface area contributed by atoms with Crippen molar-refractivity contribution in [1.29, 1.82) is 0 Å². The van der Waals surface area contributed by atoms with Gasteiger partial charge in [0.25, 0.3) is 5.91 Å². The van der Waals surface area contributed by atoms with Crippen molar-refractivity contribution in [2.24, 2.45) is 5.92 Å². The zero-order valence-electron chi connectivity index (χ0n) is 13.1. The molecule has 0 radical (unpaired) electrons. The fourth-order valence-corrected chi connectivity index (χ4v) is 3.01. The number of carbonyl (C=O) groups is 1. The average Bonchev–Trinajstić information content (AvgIpc) is 2.49. The van der Waals surface area contributed by atoms with Crippen molar-refractivity contribution < 1.29 is 14.8 Å². The number of hydrogen-bond donors (Lipinski definition) is 2. The number of benzene rings is 1. The van der Waals surface area contributed by atoms with Crippen molar-refractivity contribution in [2.75, 3.05) is 18.5 Å². The Labute approximate surface area is 127 Å². The van der Waals surface area contributed by atoms with Gasteiger partial charge in [0.05, 0.1) is 18.3 Å². The van der Waals surface area contributed by atoms with E-state index in [0.717, 1.165) is 11.4 Å². The van der Waals surface area contributed by atoms with Crippen LogP contribution in [0, 0.1) is 5.92 Å². The maximum atomic E-state index is 12.1. The van der Waals surface area contributed by atoms with Crippen LogP contribution in [0.25, 0.3) is 0 Å². The van der Waals surface area contributed by atoms with E-state index < -0.39 is 0 Å². The van der Waals surface area contributed by atoms with Crippen LogP contribution in [-0.4, -0.2) is 25.1 Å². The van der Waals surface area contributed by atoms with Gasteiger partial charge in [-0.1, -0.05) is 25.5 Å². The van der Waals surface area contributed by atoms with Crippen molar-refractivity contribution in [1.82, 2.24) is 0 Å². The van der Waals surface area contributed by atoms with Gasteiger partial charge in [-0.05, 0) is 38.3 Å². The molecule has 116 valence electrons. The lowest BCUT2D eigenvalue weighted by Gasteiger charge is -2.26. The van der Waals surface area contributed by atoms with Crippen LogP contribution in [0.15, 0.2) is 24.3 Å². The van der Waals surface area contributed by atoms with E-state index in [9.17, 15) is 4.79 Å². The molecular weight excluding hydrogens is 264 g/mol. The molecule has 0 bridgehead atoms. The molecule has 0 saturated heterocycles. The van der Waals surface area contributed by atoms with E-state index in [-0.39, 0.29) is 5.91 Å². The number of nitrogens with one attached hydrogen (secondary N) is 1. The van der Waals surface area contributed by atoms with Crippen molar-refractivity contribution >= 4 is 11.6 Å². The van der Waals surface area contributed by atoms with Gasteiger partial charge in [0.15, 0.2) is 6.54 Å². The molecule has 0 aromatic heterocycles. The van der Waals surface area contributed by atoms with E-state index in [1.807, 2.05) is 31.2 Å². The quantitative estimate of drug-likeness (QED) is 0.844. The number of ether oxygens (including phenoxy) is 1. The number of amides is 1. The van der Waals surface area contributed by atoms with Gasteiger partial charge >= 0.3 is 0 Å². The third-order valence-electron chi connectivity index (χ3n) is 4.24. The van der Waals surface area contributed by atoms with Crippen LogP contribution in [0.3, 0.4) is 0 Å². The van der Waals surface area contributed by atoms with Crippen LogP contribution in [0.2, 0.25) is 0 Å². The minimum absolute atomic E-state index is 0.0416. The third-order valence-corrected chi connectivity index (χ3v) is 4.24. The molecular formula is C17H27N2O2+. The first-order chi connectivity index (χ1) is 10.2. The van der Waals surface area contributed by atoms with Gasteiger partial charge in [0.1, 0.15) is 5.75 Å². The molecule has 4 heteroatoms. The van der Waals surface area contributed by atoms with E-state index in [1.54, 1.807) is 0 Å². The molecule has 21 heavy (non-hydrogen) atoms. The summed E-state index contributed by atoms with van der Waals surface area (Å²) in [7, 11) is 0. The number of quaternary nitrogens is 1. The molecule has 1 aromatic rings. The normalized spacial score (nSPS) is 21.8. The molecule has 0 unspecified atom stereocenters. The summed E-state index contributed by atoms with van der Waals surface area (Å²) in [5.41, 5.74) is 0.759. The summed E-state index contributed by atoms with van der Waals surface area (Å²) in [5.74, 6) is 1.49. The standard InChI is InChI=1S/C17H26N2O2/c1-3-21-16-11-7-6-10-15(16)19-17(20)12-18-14-9-5-4-8-13(14)2/h6-7,10-11,13-14,18H,3-5,8-9,12H2,1-2H3,(H,19,20)/p+1/t13-,14+/m1/s1. The molecule has 1 aliphatic rings. The van der Waals surface area contributed by atoms with Crippen molar-refractivity contribution in [3.63, 3.8) is 0 Å². The van der Waals surface area contributed by atoms with Crippen LogP contribution in [0.1, 0.15) is 39.5 Å². The Hall–Kier alpha value is -1.55. The third kappa shape index (κ3) is 4.74. The predicted octanol–water partition coefficient (Wildman–Crippen LogP) is 2.17. The molecule has 1 aromatic carbocycles. The van der Waals surface area contributed by atoms with Crippen LogP contribution >= 0.6 is 0 Å². The highest BCUT2D eigenvalue weighted by Gasteiger charge is 2.24. The van der Waals surface area contributed by atoms with Crippen LogP contribution in [0.5, 0.6) is 5.75 Å². The highest BCUT2D eigenvalue weighted by atomic mass is 16.5. The molecule has 3 N–H and O–H groups in total. The smallest absolute Gasteiger partial charge is 0.279 e. The second kappa shape index (κ2) is 8.03. The molecule has 0 spiro atoms. The minimum atomic E-state index is 0.0416. The summed E-state index contributed by atoms with van der Waals surface area (Å²) < 4.78 is 5.52. The summed E-state index contributed by atoms with van der Waals surface area (Å²) in [6.45, 7) is 5.31. The summed E-state index contributed by atoms with van der Waals surface area (Å²) in [4.78, 5) is 12.1. The second-order valence-electron chi connectivity index (χ2n) is 5.84. The van der Waals surface area contributed by atoms with Crippen LogP contribution < -0.4 is 15.4 Å². The van der Waals surface area contributed by atoms with Crippen molar-refractivity contribution in [2.45, 2.75) is 45.6 Å². The van der Waals surface area contributed by atoms with Crippen LogP contribution in [0.4, 0.5) is 5.69 Å². The Balaban J connectivity index is 1.84. The first kappa shape index (κ1) is 15.8.